The molecule has 0 bridgehead atoms. The molecular weight excluding hydrogens is 250 g/mol. The predicted molar refractivity (Wildman–Crippen MR) is 80.7 cm³/mol. The van der Waals surface area contributed by atoms with Crippen molar-refractivity contribution in [2.24, 2.45) is 0 Å². The van der Waals surface area contributed by atoms with Crippen LogP contribution in [0.15, 0.2) is 48.5 Å². The average molecular weight is 269 g/mol. The third-order valence-corrected chi connectivity index (χ3v) is 3.44. The number of methoxy groups -OCH3 is 1. The fraction of sp³-hybridized carbons (Fsp3) is 0.235. The Kier molecular flexibility index (Phi) is 4.53. The SMILES string of the molecule is COC(C(=O)Nc1cccc(C)c1C)c1ccccc1. The van der Waals surface area contributed by atoms with Crippen molar-refractivity contribution < 1.29 is 9.53 Å². The molecule has 0 aliphatic heterocycles. The number of hydrogen-bond acceptors (Lipinski definition) is 2. The highest BCUT2D eigenvalue weighted by molar-refractivity contribution is 5.95. The molecule has 3 heteroatoms. The van der Waals surface area contributed by atoms with E-state index in [4.69, 9.17) is 4.74 Å². The van der Waals surface area contributed by atoms with Gasteiger partial charge in [-0.05, 0) is 36.6 Å². The van der Waals surface area contributed by atoms with E-state index in [1.807, 2.05) is 62.4 Å². The summed E-state index contributed by atoms with van der Waals surface area (Å²) >= 11 is 0. The molecule has 0 aliphatic rings. The molecule has 1 atom stereocenters. The van der Waals surface area contributed by atoms with Gasteiger partial charge >= 0.3 is 0 Å². The molecule has 1 amide bonds. The van der Waals surface area contributed by atoms with Gasteiger partial charge in [0, 0.05) is 12.8 Å². The molecule has 0 saturated heterocycles. The molecule has 1 unspecified atom stereocenters. The van der Waals surface area contributed by atoms with Crippen molar-refractivity contribution >= 4 is 11.6 Å². The zero-order chi connectivity index (χ0) is 14.5. The van der Waals surface area contributed by atoms with Crippen LogP contribution in [0.1, 0.15) is 22.8 Å². The van der Waals surface area contributed by atoms with Gasteiger partial charge in [-0.15, -0.1) is 0 Å². The maximum Gasteiger partial charge on any atom is 0.258 e. The molecule has 2 aromatic rings. The number of benzene rings is 2. The number of aryl methyl sites for hydroxylation is 1. The molecule has 1 N–H and O–H groups in total. The van der Waals surface area contributed by atoms with Crippen molar-refractivity contribution in [3.8, 4) is 0 Å². The molecule has 0 aliphatic carbocycles. The maximum absolute atomic E-state index is 12.4. The number of nitrogens with one attached hydrogen (secondary N) is 1. The molecule has 20 heavy (non-hydrogen) atoms. The average Bonchev–Trinajstić information content (AvgIpc) is 2.46. The molecule has 0 fully saturated rings. The van der Waals surface area contributed by atoms with Crippen LogP contribution in [0.5, 0.6) is 0 Å². The van der Waals surface area contributed by atoms with E-state index in [1.54, 1.807) is 7.11 Å². The number of rotatable bonds is 4. The van der Waals surface area contributed by atoms with E-state index in [0.29, 0.717) is 0 Å². The zero-order valence-electron chi connectivity index (χ0n) is 12.0. The Morgan fingerprint density at radius 2 is 1.75 bits per heavy atom. The van der Waals surface area contributed by atoms with Crippen LogP contribution in [0, 0.1) is 13.8 Å². The molecule has 2 aromatic carbocycles. The largest absolute Gasteiger partial charge is 0.367 e. The van der Waals surface area contributed by atoms with E-state index in [2.05, 4.69) is 5.32 Å². The topological polar surface area (TPSA) is 38.3 Å². The monoisotopic (exact) mass is 269 g/mol. The fourth-order valence-corrected chi connectivity index (χ4v) is 2.11. The third kappa shape index (κ3) is 3.06. The van der Waals surface area contributed by atoms with Crippen LogP contribution < -0.4 is 5.32 Å². The van der Waals surface area contributed by atoms with Crippen LogP contribution in [0.2, 0.25) is 0 Å². The first-order valence-corrected chi connectivity index (χ1v) is 6.58. The summed E-state index contributed by atoms with van der Waals surface area (Å²) in [4.78, 5) is 12.4. The molecular formula is C17H19NO2. The standard InChI is InChI=1S/C17H19NO2/c1-12-8-7-11-15(13(12)2)18-17(19)16(20-3)14-9-5-4-6-10-14/h4-11,16H,1-3H3,(H,18,19). The van der Waals surface area contributed by atoms with Crippen molar-refractivity contribution in [2.45, 2.75) is 20.0 Å². The number of hydrogen-bond donors (Lipinski definition) is 1. The Labute approximate surface area is 119 Å². The Morgan fingerprint density at radius 3 is 2.40 bits per heavy atom. The van der Waals surface area contributed by atoms with Gasteiger partial charge in [0.1, 0.15) is 0 Å². The normalized spacial score (nSPS) is 11.9. The molecule has 104 valence electrons. The summed E-state index contributed by atoms with van der Waals surface area (Å²) in [6.07, 6.45) is -0.601. The van der Waals surface area contributed by atoms with E-state index in [1.165, 1.54) is 0 Å². The summed E-state index contributed by atoms with van der Waals surface area (Å²) in [5.74, 6) is -0.160. The summed E-state index contributed by atoms with van der Waals surface area (Å²) in [7, 11) is 1.54. The smallest absolute Gasteiger partial charge is 0.258 e. The summed E-state index contributed by atoms with van der Waals surface area (Å²) in [6, 6.07) is 15.3. The van der Waals surface area contributed by atoms with Gasteiger partial charge in [-0.2, -0.15) is 0 Å². The van der Waals surface area contributed by atoms with Gasteiger partial charge in [0.2, 0.25) is 0 Å². The lowest BCUT2D eigenvalue weighted by molar-refractivity contribution is -0.126. The minimum atomic E-state index is -0.601. The van der Waals surface area contributed by atoms with Crippen molar-refractivity contribution in [1.82, 2.24) is 0 Å². The summed E-state index contributed by atoms with van der Waals surface area (Å²) in [5.41, 5.74) is 3.89. The first kappa shape index (κ1) is 14.3. The van der Waals surface area contributed by atoms with Crippen molar-refractivity contribution in [2.75, 3.05) is 12.4 Å². The van der Waals surface area contributed by atoms with E-state index < -0.39 is 6.10 Å². The first-order valence-electron chi connectivity index (χ1n) is 6.58. The Morgan fingerprint density at radius 1 is 1.05 bits per heavy atom. The lowest BCUT2D eigenvalue weighted by Crippen LogP contribution is -2.23. The molecule has 0 heterocycles. The van der Waals surface area contributed by atoms with Crippen LogP contribution in [-0.2, 0) is 9.53 Å². The van der Waals surface area contributed by atoms with Gasteiger partial charge in [-0.3, -0.25) is 4.79 Å². The van der Waals surface area contributed by atoms with Crippen LogP contribution in [-0.4, -0.2) is 13.0 Å². The van der Waals surface area contributed by atoms with Crippen molar-refractivity contribution in [3.05, 3.63) is 65.2 Å². The minimum Gasteiger partial charge on any atom is -0.367 e. The van der Waals surface area contributed by atoms with Crippen LogP contribution in [0.4, 0.5) is 5.69 Å². The lowest BCUT2D eigenvalue weighted by Gasteiger charge is -2.17. The number of carbonyl (C=O) groups excluding carboxylic acids is 1. The number of carbonyl (C=O) groups is 1. The van der Waals surface area contributed by atoms with Gasteiger partial charge in [0.15, 0.2) is 6.10 Å². The summed E-state index contributed by atoms with van der Waals surface area (Å²) in [6.45, 7) is 4.02. The highest BCUT2D eigenvalue weighted by atomic mass is 16.5. The number of ether oxygens (including phenoxy) is 1. The minimum absolute atomic E-state index is 0.160. The van der Waals surface area contributed by atoms with Gasteiger partial charge in [0.05, 0.1) is 0 Å². The molecule has 2 rings (SSSR count). The number of amides is 1. The molecule has 0 aromatic heterocycles. The molecule has 0 radical (unpaired) electrons. The number of anilines is 1. The second-order valence-corrected chi connectivity index (χ2v) is 4.76. The van der Waals surface area contributed by atoms with E-state index in [0.717, 1.165) is 22.4 Å². The predicted octanol–water partition coefficient (Wildman–Crippen LogP) is 3.63. The summed E-state index contributed by atoms with van der Waals surface area (Å²) in [5, 5.41) is 2.94. The van der Waals surface area contributed by atoms with Gasteiger partial charge in [-0.1, -0.05) is 42.5 Å². The second-order valence-electron chi connectivity index (χ2n) is 4.76. The second kappa shape index (κ2) is 6.35. The van der Waals surface area contributed by atoms with Crippen LogP contribution in [0.3, 0.4) is 0 Å². The molecule has 3 nitrogen and oxygen atoms in total. The Bertz CT molecular complexity index is 593. The highest BCUT2D eigenvalue weighted by Gasteiger charge is 2.20. The fourth-order valence-electron chi connectivity index (χ4n) is 2.11. The molecule has 0 saturated carbocycles. The summed E-state index contributed by atoms with van der Waals surface area (Å²) < 4.78 is 5.33. The zero-order valence-corrected chi connectivity index (χ0v) is 12.0. The van der Waals surface area contributed by atoms with E-state index in [9.17, 15) is 4.79 Å². The van der Waals surface area contributed by atoms with Crippen molar-refractivity contribution in [1.29, 1.82) is 0 Å². The van der Waals surface area contributed by atoms with Gasteiger partial charge < -0.3 is 10.1 Å². The van der Waals surface area contributed by atoms with Crippen LogP contribution >= 0.6 is 0 Å². The maximum atomic E-state index is 12.4. The Hall–Kier alpha value is -2.13. The first-order chi connectivity index (χ1) is 9.63. The van der Waals surface area contributed by atoms with E-state index in [-0.39, 0.29) is 5.91 Å². The van der Waals surface area contributed by atoms with Gasteiger partial charge in [0.25, 0.3) is 5.91 Å². The quantitative estimate of drug-likeness (QED) is 0.920. The lowest BCUT2D eigenvalue weighted by atomic mass is 10.1. The Balaban J connectivity index is 2.20. The van der Waals surface area contributed by atoms with Crippen LogP contribution in [0.25, 0.3) is 0 Å². The highest BCUT2D eigenvalue weighted by Crippen LogP contribution is 2.22. The van der Waals surface area contributed by atoms with Gasteiger partial charge in [-0.25, -0.2) is 0 Å². The third-order valence-electron chi connectivity index (χ3n) is 3.44. The van der Waals surface area contributed by atoms with E-state index >= 15 is 0 Å². The van der Waals surface area contributed by atoms with Crippen molar-refractivity contribution in [3.63, 3.8) is 0 Å². The molecule has 0 spiro atoms.